The molecule has 10 rings (SSSR count). The van der Waals surface area contributed by atoms with Crippen molar-refractivity contribution in [1.29, 1.82) is 0 Å². The Labute approximate surface area is 251 Å². The fourth-order valence-electron chi connectivity index (χ4n) is 8.80. The Balaban J connectivity index is 1.48. The summed E-state index contributed by atoms with van der Waals surface area (Å²) in [5.74, 6) is 1.62. The number of hydrogen-bond acceptors (Lipinski definition) is 1. The maximum absolute atomic E-state index is 6.26. The van der Waals surface area contributed by atoms with Gasteiger partial charge in [-0.1, -0.05) is 114 Å². The monoisotopic (exact) mass is 550 g/mol. The first kappa shape index (κ1) is 23.7. The van der Waals surface area contributed by atoms with Crippen LogP contribution in [0.3, 0.4) is 0 Å². The molecule has 0 bridgehead atoms. The standard InChI is InChI=1S/C42H30O/c1-23-14-17-25(18-15-23)35-33-22-24(2)16-19-30(33)41-38(35)28-10-5-6-11-29(28)40-39(41)27-9-4-3-8-26(27)37-32-20-21-43-34-13-7-12-31(36(32)34)42(37)40/h3-19,22,32,35H,20-21H2,1-2H3/t32-,35+/m1/s1. The topological polar surface area (TPSA) is 9.23 Å². The van der Waals surface area contributed by atoms with E-state index in [2.05, 4.69) is 123 Å². The Hall–Kier alpha value is -4.88. The summed E-state index contributed by atoms with van der Waals surface area (Å²) in [7, 11) is 0. The van der Waals surface area contributed by atoms with Crippen LogP contribution in [0.2, 0.25) is 0 Å². The van der Waals surface area contributed by atoms with Crippen molar-refractivity contribution in [3.05, 3.63) is 148 Å². The van der Waals surface area contributed by atoms with E-state index in [1.54, 1.807) is 0 Å². The molecule has 0 saturated heterocycles. The lowest BCUT2D eigenvalue weighted by Crippen LogP contribution is -2.12. The minimum absolute atomic E-state index is 0.189. The third-order valence-corrected chi connectivity index (χ3v) is 10.4. The second-order valence-corrected chi connectivity index (χ2v) is 12.8. The molecule has 0 N–H and O–H groups in total. The van der Waals surface area contributed by atoms with E-state index in [-0.39, 0.29) is 5.92 Å². The second kappa shape index (κ2) is 8.36. The molecular formula is C42H30O. The fraction of sp³-hybridized carbons (Fsp3) is 0.143. The molecule has 3 aliphatic rings. The highest BCUT2D eigenvalue weighted by molar-refractivity contribution is 6.31. The van der Waals surface area contributed by atoms with Gasteiger partial charge in [-0.25, -0.2) is 0 Å². The normalized spacial score (nSPS) is 17.5. The van der Waals surface area contributed by atoms with Gasteiger partial charge in [0.05, 0.1) is 6.61 Å². The van der Waals surface area contributed by atoms with Crippen molar-refractivity contribution >= 4 is 32.3 Å². The van der Waals surface area contributed by atoms with E-state index in [9.17, 15) is 0 Å². The number of aryl methyl sites for hydroxylation is 2. The van der Waals surface area contributed by atoms with Gasteiger partial charge in [-0.15, -0.1) is 0 Å². The molecule has 0 amide bonds. The third-order valence-electron chi connectivity index (χ3n) is 10.4. The van der Waals surface area contributed by atoms with Gasteiger partial charge >= 0.3 is 0 Å². The van der Waals surface area contributed by atoms with E-state index in [1.165, 1.54) is 93.5 Å². The fourth-order valence-corrected chi connectivity index (χ4v) is 8.80. The van der Waals surface area contributed by atoms with E-state index in [1.807, 2.05) is 0 Å². The Morgan fingerprint density at radius 2 is 1.21 bits per heavy atom. The number of rotatable bonds is 1. The number of ether oxygens (including phenoxy) is 1. The van der Waals surface area contributed by atoms with Gasteiger partial charge in [0.2, 0.25) is 0 Å². The molecule has 1 nitrogen and oxygen atoms in total. The maximum Gasteiger partial charge on any atom is 0.123 e. The van der Waals surface area contributed by atoms with Gasteiger partial charge in [0, 0.05) is 17.4 Å². The summed E-state index contributed by atoms with van der Waals surface area (Å²) >= 11 is 0. The number of hydrogen-bond donors (Lipinski definition) is 0. The van der Waals surface area contributed by atoms with Gasteiger partial charge in [0.1, 0.15) is 5.75 Å². The lowest BCUT2D eigenvalue weighted by molar-refractivity contribution is 0.279. The molecule has 43 heavy (non-hydrogen) atoms. The Bertz CT molecular complexity index is 2340. The molecule has 0 aromatic heterocycles. The molecule has 0 spiro atoms. The minimum atomic E-state index is 0.189. The summed E-state index contributed by atoms with van der Waals surface area (Å²) in [5.41, 5.74) is 15.3. The zero-order valence-corrected chi connectivity index (χ0v) is 24.4. The third kappa shape index (κ3) is 2.97. The predicted molar refractivity (Wildman–Crippen MR) is 179 cm³/mol. The quantitative estimate of drug-likeness (QED) is 0.185. The molecule has 1 heterocycles. The summed E-state index contributed by atoms with van der Waals surface area (Å²) in [4.78, 5) is 0. The van der Waals surface area contributed by atoms with Crippen molar-refractivity contribution < 1.29 is 4.74 Å². The van der Waals surface area contributed by atoms with Gasteiger partial charge in [-0.3, -0.25) is 0 Å². The van der Waals surface area contributed by atoms with E-state index in [0.717, 1.165) is 18.8 Å². The molecule has 1 heteroatoms. The lowest BCUT2D eigenvalue weighted by Gasteiger charge is -2.24. The highest BCUT2D eigenvalue weighted by atomic mass is 16.5. The van der Waals surface area contributed by atoms with E-state index in [4.69, 9.17) is 4.74 Å². The molecule has 2 aliphatic carbocycles. The van der Waals surface area contributed by atoms with Crippen LogP contribution in [0.5, 0.6) is 5.75 Å². The van der Waals surface area contributed by atoms with Crippen LogP contribution < -0.4 is 4.74 Å². The molecular weight excluding hydrogens is 520 g/mol. The number of fused-ring (bicyclic) bond motifs is 15. The Morgan fingerprint density at radius 1 is 0.558 bits per heavy atom. The SMILES string of the molecule is Cc1ccc([C@H]2c3cc(C)ccc3-c3c2c2ccccc2c2c4c(c5ccccc5c32)[C@@H]2CCOc3cccc-4c32)cc1. The first-order valence-electron chi connectivity index (χ1n) is 15.6. The summed E-state index contributed by atoms with van der Waals surface area (Å²) < 4.78 is 6.26. The predicted octanol–water partition coefficient (Wildman–Crippen LogP) is 10.8. The second-order valence-electron chi connectivity index (χ2n) is 12.8. The first-order chi connectivity index (χ1) is 21.2. The highest BCUT2D eigenvalue weighted by Crippen LogP contribution is 2.61. The van der Waals surface area contributed by atoms with Crippen molar-refractivity contribution in [2.24, 2.45) is 0 Å². The van der Waals surface area contributed by atoms with Crippen molar-refractivity contribution in [3.8, 4) is 28.0 Å². The van der Waals surface area contributed by atoms with E-state index in [0.29, 0.717) is 5.92 Å². The van der Waals surface area contributed by atoms with Gasteiger partial charge in [-0.2, -0.15) is 0 Å². The van der Waals surface area contributed by atoms with Crippen LogP contribution in [-0.2, 0) is 0 Å². The summed E-state index contributed by atoms with van der Waals surface area (Å²) in [6, 6.07) is 41.5. The minimum Gasteiger partial charge on any atom is -0.493 e. The van der Waals surface area contributed by atoms with Crippen molar-refractivity contribution in [3.63, 3.8) is 0 Å². The maximum atomic E-state index is 6.26. The van der Waals surface area contributed by atoms with Crippen LogP contribution in [-0.4, -0.2) is 6.61 Å². The molecule has 7 aromatic carbocycles. The summed E-state index contributed by atoms with van der Waals surface area (Å²) in [6.45, 7) is 5.17. The van der Waals surface area contributed by atoms with Crippen LogP contribution in [0, 0.1) is 13.8 Å². The van der Waals surface area contributed by atoms with Gasteiger partial charge < -0.3 is 4.74 Å². The van der Waals surface area contributed by atoms with Crippen LogP contribution in [0.1, 0.15) is 57.2 Å². The van der Waals surface area contributed by atoms with Gasteiger partial charge in [0.25, 0.3) is 0 Å². The van der Waals surface area contributed by atoms with Crippen LogP contribution in [0.25, 0.3) is 54.6 Å². The Morgan fingerprint density at radius 3 is 1.95 bits per heavy atom. The molecule has 0 fully saturated rings. The molecule has 0 saturated carbocycles. The van der Waals surface area contributed by atoms with Crippen LogP contribution in [0.4, 0.5) is 0 Å². The first-order valence-corrected chi connectivity index (χ1v) is 15.6. The molecule has 0 radical (unpaired) electrons. The molecule has 1 aliphatic heterocycles. The van der Waals surface area contributed by atoms with E-state index < -0.39 is 0 Å². The van der Waals surface area contributed by atoms with Gasteiger partial charge in [-0.05, 0) is 103 Å². The number of benzene rings is 7. The summed E-state index contributed by atoms with van der Waals surface area (Å²) in [6.07, 6.45) is 1.02. The molecule has 204 valence electrons. The van der Waals surface area contributed by atoms with Crippen molar-refractivity contribution in [2.75, 3.05) is 6.61 Å². The average Bonchev–Trinajstić information content (AvgIpc) is 3.56. The molecule has 2 atom stereocenters. The van der Waals surface area contributed by atoms with Crippen LogP contribution >= 0.6 is 0 Å². The van der Waals surface area contributed by atoms with E-state index >= 15 is 0 Å². The zero-order valence-electron chi connectivity index (χ0n) is 24.4. The van der Waals surface area contributed by atoms with Crippen LogP contribution in [0.15, 0.2) is 109 Å². The lowest BCUT2D eigenvalue weighted by atomic mass is 9.80. The molecule has 0 unspecified atom stereocenters. The summed E-state index contributed by atoms with van der Waals surface area (Å²) in [5, 5.41) is 8.30. The zero-order chi connectivity index (χ0) is 28.4. The van der Waals surface area contributed by atoms with Crippen molar-refractivity contribution in [1.82, 2.24) is 0 Å². The Kier molecular flexibility index (Phi) is 4.60. The van der Waals surface area contributed by atoms with Crippen molar-refractivity contribution in [2.45, 2.75) is 32.1 Å². The average molecular weight is 551 g/mol. The molecule has 7 aromatic rings. The highest BCUT2D eigenvalue weighted by Gasteiger charge is 2.40. The largest absolute Gasteiger partial charge is 0.493 e. The smallest absolute Gasteiger partial charge is 0.123 e. The van der Waals surface area contributed by atoms with Gasteiger partial charge in [0.15, 0.2) is 0 Å².